The van der Waals surface area contributed by atoms with Gasteiger partial charge in [-0.15, -0.1) is 0 Å². The van der Waals surface area contributed by atoms with Gasteiger partial charge in [0.05, 0.1) is 13.7 Å². The van der Waals surface area contributed by atoms with Crippen molar-refractivity contribution in [3.8, 4) is 5.75 Å². The third kappa shape index (κ3) is 2.08. The first-order valence-electron chi connectivity index (χ1n) is 3.42. The number of rotatable bonds is 3. The van der Waals surface area contributed by atoms with Crippen molar-refractivity contribution in [3.05, 3.63) is 29.8 Å². The van der Waals surface area contributed by atoms with Crippen LogP contribution in [0.1, 0.15) is 5.56 Å². The lowest BCUT2D eigenvalue weighted by molar-refractivity contribution is 0.414. The van der Waals surface area contributed by atoms with Gasteiger partial charge in [-0.1, -0.05) is 12.1 Å². The number of nitrogens with zero attached hydrogens (tertiary/aromatic N) is 1. The van der Waals surface area contributed by atoms with Gasteiger partial charge in [-0.05, 0) is 24.4 Å². The predicted octanol–water partition coefficient (Wildman–Crippen LogP) is 1.90. The van der Waals surface area contributed by atoms with Crippen molar-refractivity contribution in [2.75, 3.05) is 7.11 Å². The molecule has 0 radical (unpaired) electrons. The van der Waals surface area contributed by atoms with Crippen LogP contribution in [0.25, 0.3) is 0 Å². The molecule has 0 atom stereocenters. The van der Waals surface area contributed by atoms with Crippen LogP contribution in [0.4, 0.5) is 0 Å². The Bertz CT molecular complexity index is 228. The lowest BCUT2D eigenvalue weighted by Gasteiger charge is -1.99. The summed E-state index contributed by atoms with van der Waals surface area (Å²) in [4.78, 5) is 3.77. The van der Waals surface area contributed by atoms with Gasteiger partial charge in [-0.25, -0.2) is 0 Å². The molecule has 0 amide bonds. The SMILES string of the molecule is C=NCc1ccc(OC)cc1. The normalized spacial score (nSPS) is 9.18. The van der Waals surface area contributed by atoms with Gasteiger partial charge < -0.3 is 4.74 Å². The minimum absolute atomic E-state index is 0.671. The zero-order valence-corrected chi connectivity index (χ0v) is 6.58. The molecule has 0 aromatic heterocycles. The minimum Gasteiger partial charge on any atom is -0.497 e. The van der Waals surface area contributed by atoms with Crippen LogP contribution in [0.2, 0.25) is 0 Å². The summed E-state index contributed by atoms with van der Waals surface area (Å²) in [5, 5.41) is 0. The van der Waals surface area contributed by atoms with Gasteiger partial charge in [0.1, 0.15) is 5.75 Å². The van der Waals surface area contributed by atoms with Crippen molar-refractivity contribution in [2.24, 2.45) is 4.99 Å². The van der Waals surface area contributed by atoms with E-state index in [-0.39, 0.29) is 0 Å². The number of benzene rings is 1. The Morgan fingerprint density at radius 3 is 2.45 bits per heavy atom. The van der Waals surface area contributed by atoms with Crippen LogP contribution in [0.3, 0.4) is 0 Å². The van der Waals surface area contributed by atoms with Crippen LogP contribution in [0, 0.1) is 0 Å². The van der Waals surface area contributed by atoms with Gasteiger partial charge in [-0.3, -0.25) is 4.99 Å². The van der Waals surface area contributed by atoms with Gasteiger partial charge >= 0.3 is 0 Å². The molecule has 0 heterocycles. The van der Waals surface area contributed by atoms with E-state index < -0.39 is 0 Å². The van der Waals surface area contributed by atoms with E-state index in [1.165, 1.54) is 0 Å². The van der Waals surface area contributed by atoms with Gasteiger partial charge in [0.25, 0.3) is 0 Å². The molecule has 0 aliphatic carbocycles. The van der Waals surface area contributed by atoms with Crippen LogP contribution in [0.5, 0.6) is 5.75 Å². The maximum absolute atomic E-state index is 5.00. The molecule has 58 valence electrons. The summed E-state index contributed by atoms with van der Waals surface area (Å²) in [5.74, 6) is 0.873. The number of hydrogen-bond donors (Lipinski definition) is 0. The summed E-state index contributed by atoms with van der Waals surface area (Å²) in [7, 11) is 1.65. The second-order valence-corrected chi connectivity index (χ2v) is 2.23. The topological polar surface area (TPSA) is 21.6 Å². The van der Waals surface area contributed by atoms with Crippen molar-refractivity contribution in [1.82, 2.24) is 0 Å². The summed E-state index contributed by atoms with van der Waals surface area (Å²) in [6, 6.07) is 7.79. The monoisotopic (exact) mass is 149 g/mol. The first kappa shape index (κ1) is 7.79. The second-order valence-electron chi connectivity index (χ2n) is 2.23. The standard InChI is InChI=1S/C9H11NO/c1-10-7-8-3-5-9(11-2)6-4-8/h3-6H,1,7H2,2H3. The summed E-state index contributed by atoms with van der Waals surface area (Å²) in [6.45, 7) is 4.09. The average Bonchev–Trinajstić information content (AvgIpc) is 2.07. The lowest BCUT2D eigenvalue weighted by Crippen LogP contribution is -1.83. The van der Waals surface area contributed by atoms with E-state index in [1.54, 1.807) is 7.11 Å². The van der Waals surface area contributed by atoms with Gasteiger partial charge in [0, 0.05) is 0 Å². The fourth-order valence-corrected chi connectivity index (χ4v) is 0.860. The third-order valence-electron chi connectivity index (χ3n) is 1.45. The Kier molecular flexibility index (Phi) is 2.66. The fraction of sp³-hybridized carbons (Fsp3) is 0.222. The molecular weight excluding hydrogens is 138 g/mol. The Labute approximate surface area is 66.5 Å². The average molecular weight is 149 g/mol. The molecule has 0 fully saturated rings. The molecule has 0 saturated carbocycles. The van der Waals surface area contributed by atoms with Crippen molar-refractivity contribution in [2.45, 2.75) is 6.54 Å². The number of ether oxygens (including phenoxy) is 1. The van der Waals surface area contributed by atoms with E-state index in [2.05, 4.69) is 11.7 Å². The quantitative estimate of drug-likeness (QED) is 0.601. The summed E-state index contributed by atoms with van der Waals surface area (Å²) < 4.78 is 5.00. The Morgan fingerprint density at radius 2 is 2.00 bits per heavy atom. The van der Waals surface area contributed by atoms with E-state index in [0.29, 0.717) is 6.54 Å². The molecule has 2 nitrogen and oxygen atoms in total. The van der Waals surface area contributed by atoms with Gasteiger partial charge in [0.15, 0.2) is 0 Å². The third-order valence-corrected chi connectivity index (χ3v) is 1.45. The molecular formula is C9H11NO. The van der Waals surface area contributed by atoms with E-state index in [1.807, 2.05) is 24.3 Å². The molecule has 0 aliphatic heterocycles. The maximum atomic E-state index is 5.00. The van der Waals surface area contributed by atoms with Crippen LogP contribution < -0.4 is 4.74 Å². The fourth-order valence-electron chi connectivity index (χ4n) is 0.860. The first-order valence-corrected chi connectivity index (χ1v) is 3.42. The van der Waals surface area contributed by atoms with Crippen molar-refractivity contribution in [3.63, 3.8) is 0 Å². The Hall–Kier alpha value is -1.31. The molecule has 0 unspecified atom stereocenters. The zero-order chi connectivity index (χ0) is 8.10. The summed E-state index contributed by atoms with van der Waals surface area (Å²) in [5.41, 5.74) is 1.15. The molecule has 0 bridgehead atoms. The highest BCUT2D eigenvalue weighted by molar-refractivity contribution is 5.29. The van der Waals surface area contributed by atoms with E-state index in [0.717, 1.165) is 11.3 Å². The maximum Gasteiger partial charge on any atom is 0.118 e. The smallest absolute Gasteiger partial charge is 0.118 e. The van der Waals surface area contributed by atoms with Gasteiger partial charge in [-0.2, -0.15) is 0 Å². The zero-order valence-electron chi connectivity index (χ0n) is 6.58. The highest BCUT2D eigenvalue weighted by Gasteiger charge is 1.90. The molecule has 1 aromatic carbocycles. The molecule has 0 aliphatic rings. The van der Waals surface area contributed by atoms with Crippen molar-refractivity contribution in [1.29, 1.82) is 0 Å². The predicted molar refractivity (Wildman–Crippen MR) is 46.2 cm³/mol. The van der Waals surface area contributed by atoms with Gasteiger partial charge in [0.2, 0.25) is 0 Å². The number of hydrogen-bond acceptors (Lipinski definition) is 2. The lowest BCUT2D eigenvalue weighted by atomic mass is 10.2. The molecule has 2 heteroatoms. The molecule has 0 saturated heterocycles. The second kappa shape index (κ2) is 3.76. The number of aliphatic imine (C=N–C) groups is 1. The highest BCUT2D eigenvalue weighted by Crippen LogP contribution is 2.11. The van der Waals surface area contributed by atoms with E-state index in [9.17, 15) is 0 Å². The Balaban J connectivity index is 2.74. The van der Waals surface area contributed by atoms with Crippen molar-refractivity contribution < 1.29 is 4.74 Å². The largest absolute Gasteiger partial charge is 0.497 e. The Morgan fingerprint density at radius 1 is 1.36 bits per heavy atom. The van der Waals surface area contributed by atoms with Crippen LogP contribution in [0.15, 0.2) is 29.3 Å². The van der Waals surface area contributed by atoms with E-state index >= 15 is 0 Å². The molecule has 0 N–H and O–H groups in total. The molecule has 1 rings (SSSR count). The van der Waals surface area contributed by atoms with Crippen LogP contribution >= 0.6 is 0 Å². The van der Waals surface area contributed by atoms with Crippen LogP contribution in [-0.2, 0) is 6.54 Å². The first-order chi connectivity index (χ1) is 5.36. The summed E-state index contributed by atoms with van der Waals surface area (Å²) in [6.07, 6.45) is 0. The summed E-state index contributed by atoms with van der Waals surface area (Å²) >= 11 is 0. The molecule has 1 aromatic rings. The highest BCUT2D eigenvalue weighted by atomic mass is 16.5. The molecule has 0 spiro atoms. The van der Waals surface area contributed by atoms with E-state index in [4.69, 9.17) is 4.74 Å². The molecule has 11 heavy (non-hydrogen) atoms. The minimum atomic E-state index is 0.671. The van der Waals surface area contributed by atoms with Crippen LogP contribution in [-0.4, -0.2) is 13.8 Å². The van der Waals surface area contributed by atoms with Crippen molar-refractivity contribution >= 4 is 6.72 Å². The number of methoxy groups -OCH3 is 1.